The van der Waals surface area contributed by atoms with Gasteiger partial charge in [-0.2, -0.15) is 0 Å². The number of nitrogens with zero attached hydrogens (tertiary/aromatic N) is 2. The fourth-order valence-electron chi connectivity index (χ4n) is 4.14. The summed E-state index contributed by atoms with van der Waals surface area (Å²) in [5, 5.41) is 0.816. The van der Waals surface area contributed by atoms with E-state index in [-0.39, 0.29) is 0 Å². The van der Waals surface area contributed by atoms with Crippen molar-refractivity contribution in [3.63, 3.8) is 0 Å². The van der Waals surface area contributed by atoms with Crippen LogP contribution in [-0.4, -0.2) is 31.1 Å². The zero-order valence-corrected chi connectivity index (χ0v) is 16.5. The molecular weight excluding hydrogens is 348 g/mol. The molecule has 4 heteroatoms. The van der Waals surface area contributed by atoms with Crippen molar-refractivity contribution < 1.29 is 0 Å². The highest BCUT2D eigenvalue weighted by Crippen LogP contribution is 2.50. The first kappa shape index (κ1) is 17.3. The lowest BCUT2D eigenvalue weighted by Crippen LogP contribution is -2.38. The van der Waals surface area contributed by atoms with Crippen molar-refractivity contribution >= 4 is 34.7 Å². The molecule has 2 aromatic carbocycles. The molecule has 2 aliphatic heterocycles. The molecule has 2 aromatic rings. The van der Waals surface area contributed by atoms with Gasteiger partial charge in [-0.3, -0.25) is 0 Å². The number of rotatable bonds is 4. The number of fused-ring (bicyclic) bond motifs is 2. The van der Waals surface area contributed by atoms with Gasteiger partial charge >= 0.3 is 0 Å². The molecule has 0 N–H and O–H groups in total. The highest BCUT2D eigenvalue weighted by atomic mass is 35.5. The lowest BCUT2D eigenvalue weighted by Gasteiger charge is -2.40. The van der Waals surface area contributed by atoms with Gasteiger partial charge in [-0.05, 0) is 56.3 Å². The van der Waals surface area contributed by atoms with Crippen molar-refractivity contribution in [3.05, 3.63) is 47.5 Å². The van der Waals surface area contributed by atoms with E-state index in [9.17, 15) is 0 Å². The van der Waals surface area contributed by atoms with Crippen molar-refractivity contribution in [2.24, 2.45) is 5.41 Å². The molecule has 2 aliphatic rings. The van der Waals surface area contributed by atoms with Gasteiger partial charge in [0.1, 0.15) is 0 Å². The van der Waals surface area contributed by atoms with E-state index >= 15 is 0 Å². The van der Waals surface area contributed by atoms with E-state index in [2.05, 4.69) is 60.0 Å². The number of likely N-dealkylation sites (tertiary alicyclic amines) is 1. The first-order chi connectivity index (χ1) is 12.1. The van der Waals surface area contributed by atoms with Crippen LogP contribution >= 0.6 is 23.4 Å². The Bertz CT molecular complexity index is 778. The Morgan fingerprint density at radius 2 is 1.88 bits per heavy atom. The van der Waals surface area contributed by atoms with Gasteiger partial charge in [-0.1, -0.05) is 49.3 Å². The number of anilines is 2. The first-order valence-electron chi connectivity index (χ1n) is 9.20. The summed E-state index contributed by atoms with van der Waals surface area (Å²) in [5.74, 6) is 0. The predicted octanol–water partition coefficient (Wildman–Crippen LogP) is 6.06. The number of benzene rings is 2. The van der Waals surface area contributed by atoms with Crippen LogP contribution in [0.1, 0.15) is 26.7 Å². The molecule has 0 spiro atoms. The summed E-state index contributed by atoms with van der Waals surface area (Å²) in [6, 6.07) is 15.1. The largest absolute Gasteiger partial charge is 0.339 e. The predicted molar refractivity (Wildman–Crippen MR) is 108 cm³/mol. The Labute approximate surface area is 160 Å². The van der Waals surface area contributed by atoms with E-state index < -0.39 is 0 Å². The lowest BCUT2D eigenvalue weighted by atomic mass is 9.83. The second kappa shape index (κ2) is 6.86. The zero-order valence-electron chi connectivity index (χ0n) is 15.0. The van der Waals surface area contributed by atoms with Crippen LogP contribution in [-0.2, 0) is 0 Å². The summed E-state index contributed by atoms with van der Waals surface area (Å²) in [4.78, 5) is 7.76. The van der Waals surface area contributed by atoms with Gasteiger partial charge in [0.05, 0.1) is 11.4 Å². The summed E-state index contributed by atoms with van der Waals surface area (Å²) < 4.78 is 0. The quantitative estimate of drug-likeness (QED) is 0.643. The summed E-state index contributed by atoms with van der Waals surface area (Å²) in [7, 11) is 0. The maximum atomic E-state index is 6.36. The van der Waals surface area contributed by atoms with Crippen molar-refractivity contribution in [2.75, 3.05) is 31.1 Å². The minimum absolute atomic E-state index is 0.352. The number of hydrogen-bond acceptors (Lipinski definition) is 3. The van der Waals surface area contributed by atoms with Crippen LogP contribution in [0.2, 0.25) is 5.02 Å². The van der Waals surface area contributed by atoms with Gasteiger partial charge in [-0.25, -0.2) is 0 Å². The van der Waals surface area contributed by atoms with Gasteiger partial charge < -0.3 is 9.80 Å². The fourth-order valence-corrected chi connectivity index (χ4v) is 5.38. The number of para-hydroxylation sites is 1. The molecule has 1 unspecified atom stereocenters. The first-order valence-corrected chi connectivity index (χ1v) is 10.4. The third kappa shape index (κ3) is 3.18. The van der Waals surface area contributed by atoms with Crippen LogP contribution in [0.5, 0.6) is 0 Å². The molecule has 0 bridgehead atoms. The smallest absolute Gasteiger partial charge is 0.0567 e. The Hall–Kier alpha value is -1.16. The van der Waals surface area contributed by atoms with Crippen LogP contribution in [0.4, 0.5) is 11.4 Å². The molecule has 0 aromatic heterocycles. The Morgan fingerprint density at radius 3 is 2.64 bits per heavy atom. The topological polar surface area (TPSA) is 6.48 Å². The van der Waals surface area contributed by atoms with E-state index in [4.69, 9.17) is 11.6 Å². The van der Waals surface area contributed by atoms with E-state index in [0.29, 0.717) is 5.41 Å². The molecule has 0 aliphatic carbocycles. The monoisotopic (exact) mass is 372 g/mol. The van der Waals surface area contributed by atoms with Crippen molar-refractivity contribution in [1.29, 1.82) is 0 Å². The molecule has 0 amide bonds. The van der Waals surface area contributed by atoms with Gasteiger partial charge in [-0.15, -0.1) is 0 Å². The normalized spacial score (nSPS) is 22.8. The second-order valence-corrected chi connectivity index (χ2v) is 8.76. The highest BCUT2D eigenvalue weighted by molar-refractivity contribution is 7.99. The van der Waals surface area contributed by atoms with Crippen LogP contribution in [0.25, 0.3) is 0 Å². The van der Waals surface area contributed by atoms with Crippen LogP contribution in [0, 0.1) is 5.41 Å². The molecule has 2 heterocycles. The highest BCUT2D eigenvalue weighted by Gasteiger charge is 2.39. The van der Waals surface area contributed by atoms with Crippen LogP contribution < -0.4 is 4.90 Å². The third-order valence-electron chi connectivity index (χ3n) is 5.80. The Kier molecular flexibility index (Phi) is 4.74. The lowest BCUT2D eigenvalue weighted by molar-refractivity contribution is 0.261. The summed E-state index contributed by atoms with van der Waals surface area (Å²) in [6.45, 7) is 9.25. The summed E-state index contributed by atoms with van der Waals surface area (Å²) >= 11 is 8.21. The molecule has 1 atom stereocenters. The molecule has 132 valence electrons. The summed E-state index contributed by atoms with van der Waals surface area (Å²) in [6.07, 6.45) is 2.49. The molecule has 2 nitrogen and oxygen atoms in total. The maximum absolute atomic E-state index is 6.36. The fraction of sp³-hybridized carbons (Fsp3) is 0.429. The van der Waals surface area contributed by atoms with Gasteiger partial charge in [0.25, 0.3) is 0 Å². The molecule has 0 radical (unpaired) electrons. The number of hydrogen-bond donors (Lipinski definition) is 0. The third-order valence-corrected chi connectivity index (χ3v) is 7.16. The standard InChI is InChI=1S/C21H25ClN2S/c1-3-21(11-12-23(4-2)14-21)15-24-17-7-5-6-8-19(17)25-20-10-9-16(22)13-18(20)24/h5-10,13H,3-4,11-12,14-15H2,1-2H3. The van der Waals surface area contributed by atoms with Crippen molar-refractivity contribution in [2.45, 2.75) is 36.5 Å². The molecular formula is C21H25ClN2S. The molecule has 4 rings (SSSR count). The molecule has 1 fully saturated rings. The van der Waals surface area contributed by atoms with Crippen molar-refractivity contribution in [3.8, 4) is 0 Å². The van der Waals surface area contributed by atoms with Crippen molar-refractivity contribution in [1.82, 2.24) is 4.90 Å². The summed E-state index contributed by atoms with van der Waals surface area (Å²) in [5.41, 5.74) is 2.94. The Balaban J connectivity index is 1.75. The van der Waals surface area contributed by atoms with E-state index in [1.165, 1.54) is 47.1 Å². The SMILES string of the molecule is CCN1CCC(CC)(CN2c3ccccc3Sc3ccc(Cl)cc32)C1. The minimum Gasteiger partial charge on any atom is -0.339 e. The zero-order chi connectivity index (χ0) is 17.4. The molecule has 1 saturated heterocycles. The second-order valence-electron chi connectivity index (χ2n) is 7.24. The molecule has 25 heavy (non-hydrogen) atoms. The Morgan fingerprint density at radius 1 is 1.08 bits per heavy atom. The molecule has 0 saturated carbocycles. The van der Waals surface area contributed by atoms with Gasteiger partial charge in [0.15, 0.2) is 0 Å². The average molecular weight is 373 g/mol. The minimum atomic E-state index is 0.352. The average Bonchev–Trinajstić information content (AvgIpc) is 3.06. The van der Waals surface area contributed by atoms with Gasteiger partial charge in [0.2, 0.25) is 0 Å². The van der Waals surface area contributed by atoms with Crippen LogP contribution in [0.3, 0.4) is 0 Å². The van der Waals surface area contributed by atoms with Crippen LogP contribution in [0.15, 0.2) is 52.3 Å². The van der Waals surface area contributed by atoms with E-state index in [1.54, 1.807) is 0 Å². The van der Waals surface area contributed by atoms with E-state index in [0.717, 1.165) is 18.1 Å². The number of halogens is 1. The van der Waals surface area contributed by atoms with E-state index in [1.807, 2.05) is 17.8 Å². The van der Waals surface area contributed by atoms with Gasteiger partial charge in [0, 0.05) is 33.3 Å². The maximum Gasteiger partial charge on any atom is 0.0567 e.